The van der Waals surface area contributed by atoms with Crippen LogP contribution in [0.25, 0.3) is 0 Å². The highest BCUT2D eigenvalue weighted by Crippen LogP contribution is 2.29. The Hall–Kier alpha value is -2.56. The quantitative estimate of drug-likeness (QED) is 0.800. The predicted molar refractivity (Wildman–Crippen MR) is 84.3 cm³/mol. The molecule has 0 atom stereocenters. The fourth-order valence-corrected chi connectivity index (χ4v) is 2.02. The number of hydrogen-bond donors (Lipinski definition) is 2. The van der Waals surface area contributed by atoms with E-state index in [4.69, 9.17) is 19.9 Å². The molecule has 5 heteroatoms. The summed E-state index contributed by atoms with van der Waals surface area (Å²) in [4.78, 5) is 0. The molecule has 5 nitrogen and oxygen atoms in total. The molecule has 0 saturated carbocycles. The maximum Gasteiger partial charge on any atom is 0.161 e. The Labute approximate surface area is 124 Å². The molecule has 0 radical (unpaired) electrons. The number of nitrogen functional groups attached to an aromatic ring is 1. The summed E-state index contributed by atoms with van der Waals surface area (Å²) in [5.74, 6) is 2.09. The van der Waals surface area contributed by atoms with Gasteiger partial charge in [0.15, 0.2) is 11.5 Å². The fraction of sp³-hybridized carbons (Fsp3) is 0.250. The van der Waals surface area contributed by atoms with E-state index in [2.05, 4.69) is 5.32 Å². The van der Waals surface area contributed by atoms with Crippen molar-refractivity contribution in [3.8, 4) is 17.2 Å². The molecule has 2 aromatic rings. The normalized spacial score (nSPS) is 10.0. The van der Waals surface area contributed by atoms with Crippen LogP contribution in [0.3, 0.4) is 0 Å². The first-order chi connectivity index (χ1) is 10.2. The molecule has 0 saturated heterocycles. The minimum Gasteiger partial charge on any atom is -0.495 e. The molecule has 0 unspecified atom stereocenters. The molecule has 0 bridgehead atoms. The van der Waals surface area contributed by atoms with Gasteiger partial charge in [-0.15, -0.1) is 0 Å². The third-order valence-electron chi connectivity index (χ3n) is 3.18. The molecule has 21 heavy (non-hydrogen) atoms. The van der Waals surface area contributed by atoms with E-state index >= 15 is 0 Å². The van der Waals surface area contributed by atoms with Crippen molar-refractivity contribution in [2.24, 2.45) is 0 Å². The van der Waals surface area contributed by atoms with Crippen molar-refractivity contribution in [2.45, 2.75) is 6.54 Å². The summed E-state index contributed by atoms with van der Waals surface area (Å²) in [5.41, 5.74) is 8.44. The second-order valence-electron chi connectivity index (χ2n) is 4.50. The first kappa shape index (κ1) is 14.8. The number of methoxy groups -OCH3 is 3. The number of ether oxygens (including phenoxy) is 3. The van der Waals surface area contributed by atoms with Gasteiger partial charge in [0.25, 0.3) is 0 Å². The molecule has 2 rings (SSSR count). The van der Waals surface area contributed by atoms with Gasteiger partial charge in [0.05, 0.1) is 27.0 Å². The van der Waals surface area contributed by atoms with E-state index in [1.807, 2.05) is 36.4 Å². The Morgan fingerprint density at radius 3 is 2.24 bits per heavy atom. The van der Waals surface area contributed by atoms with E-state index in [-0.39, 0.29) is 0 Å². The predicted octanol–water partition coefficient (Wildman–Crippen LogP) is 2.91. The molecule has 0 aliphatic carbocycles. The Kier molecular flexibility index (Phi) is 4.77. The Morgan fingerprint density at radius 1 is 0.857 bits per heavy atom. The van der Waals surface area contributed by atoms with E-state index in [0.29, 0.717) is 23.7 Å². The third-order valence-corrected chi connectivity index (χ3v) is 3.18. The van der Waals surface area contributed by atoms with Gasteiger partial charge in [0.2, 0.25) is 0 Å². The summed E-state index contributed by atoms with van der Waals surface area (Å²) in [7, 11) is 4.85. The average Bonchev–Trinajstić information content (AvgIpc) is 2.53. The zero-order chi connectivity index (χ0) is 15.2. The molecule has 2 aromatic carbocycles. The number of rotatable bonds is 6. The number of nitrogens with one attached hydrogen (secondary N) is 1. The molecule has 0 fully saturated rings. The van der Waals surface area contributed by atoms with Crippen molar-refractivity contribution >= 4 is 11.4 Å². The summed E-state index contributed by atoms with van der Waals surface area (Å²) in [6, 6.07) is 11.4. The van der Waals surface area contributed by atoms with Gasteiger partial charge in [-0.25, -0.2) is 0 Å². The maximum absolute atomic E-state index is 5.79. The molecule has 0 amide bonds. The van der Waals surface area contributed by atoms with Crippen molar-refractivity contribution in [1.29, 1.82) is 0 Å². The highest BCUT2D eigenvalue weighted by Gasteiger charge is 2.05. The Balaban J connectivity index is 2.09. The summed E-state index contributed by atoms with van der Waals surface area (Å²) < 4.78 is 15.7. The summed E-state index contributed by atoms with van der Waals surface area (Å²) in [6.45, 7) is 0.660. The molecule has 112 valence electrons. The van der Waals surface area contributed by atoms with Crippen LogP contribution >= 0.6 is 0 Å². The lowest BCUT2D eigenvalue weighted by atomic mass is 10.2. The number of nitrogens with two attached hydrogens (primary N) is 1. The molecule has 0 heterocycles. The monoisotopic (exact) mass is 288 g/mol. The lowest BCUT2D eigenvalue weighted by Crippen LogP contribution is -2.01. The minimum absolute atomic E-state index is 0.620. The van der Waals surface area contributed by atoms with Gasteiger partial charge >= 0.3 is 0 Å². The van der Waals surface area contributed by atoms with Crippen molar-refractivity contribution in [3.05, 3.63) is 42.0 Å². The third kappa shape index (κ3) is 3.51. The van der Waals surface area contributed by atoms with E-state index in [9.17, 15) is 0 Å². The first-order valence-electron chi connectivity index (χ1n) is 6.56. The molecule has 3 N–H and O–H groups in total. The minimum atomic E-state index is 0.620. The summed E-state index contributed by atoms with van der Waals surface area (Å²) >= 11 is 0. The summed E-state index contributed by atoms with van der Waals surface area (Å²) in [6.07, 6.45) is 0. The fourth-order valence-electron chi connectivity index (χ4n) is 2.02. The van der Waals surface area contributed by atoms with E-state index in [1.165, 1.54) is 0 Å². The molecule has 0 spiro atoms. The zero-order valence-electron chi connectivity index (χ0n) is 12.5. The van der Waals surface area contributed by atoms with Crippen LogP contribution < -0.4 is 25.3 Å². The molecule has 0 aliphatic rings. The zero-order valence-corrected chi connectivity index (χ0v) is 12.5. The van der Waals surface area contributed by atoms with E-state index < -0.39 is 0 Å². The van der Waals surface area contributed by atoms with Gasteiger partial charge in [-0.2, -0.15) is 0 Å². The van der Waals surface area contributed by atoms with Crippen LogP contribution in [0, 0.1) is 0 Å². The van der Waals surface area contributed by atoms with Crippen LogP contribution in [-0.4, -0.2) is 21.3 Å². The molecular weight excluding hydrogens is 268 g/mol. The van der Waals surface area contributed by atoms with Gasteiger partial charge in [0.1, 0.15) is 5.75 Å². The maximum atomic E-state index is 5.79. The van der Waals surface area contributed by atoms with Gasteiger partial charge in [-0.1, -0.05) is 6.07 Å². The van der Waals surface area contributed by atoms with Crippen LogP contribution in [0.2, 0.25) is 0 Å². The lowest BCUT2D eigenvalue weighted by Gasteiger charge is -2.12. The SMILES string of the molecule is COc1cc(NCc2ccc(OC)c(OC)c2)ccc1N. The second-order valence-corrected chi connectivity index (χ2v) is 4.50. The molecule has 0 aromatic heterocycles. The number of hydrogen-bond acceptors (Lipinski definition) is 5. The van der Waals surface area contributed by atoms with Crippen LogP contribution in [0.15, 0.2) is 36.4 Å². The van der Waals surface area contributed by atoms with Crippen molar-refractivity contribution in [3.63, 3.8) is 0 Å². The highest BCUT2D eigenvalue weighted by atomic mass is 16.5. The molecular formula is C16H20N2O3. The van der Waals surface area contributed by atoms with Crippen LogP contribution in [0.5, 0.6) is 17.2 Å². The van der Waals surface area contributed by atoms with Gasteiger partial charge in [-0.3, -0.25) is 0 Å². The number of benzene rings is 2. The Bertz CT molecular complexity index is 614. The molecule has 0 aliphatic heterocycles. The summed E-state index contributed by atoms with van der Waals surface area (Å²) in [5, 5.41) is 3.32. The van der Waals surface area contributed by atoms with E-state index in [1.54, 1.807) is 21.3 Å². The smallest absolute Gasteiger partial charge is 0.161 e. The topological polar surface area (TPSA) is 65.7 Å². The van der Waals surface area contributed by atoms with Gasteiger partial charge in [0, 0.05) is 18.3 Å². The van der Waals surface area contributed by atoms with Crippen molar-refractivity contribution < 1.29 is 14.2 Å². The van der Waals surface area contributed by atoms with Gasteiger partial charge < -0.3 is 25.3 Å². The first-order valence-corrected chi connectivity index (χ1v) is 6.56. The van der Waals surface area contributed by atoms with Crippen LogP contribution in [-0.2, 0) is 6.54 Å². The van der Waals surface area contributed by atoms with Crippen molar-refractivity contribution in [1.82, 2.24) is 0 Å². The second kappa shape index (κ2) is 6.74. The lowest BCUT2D eigenvalue weighted by molar-refractivity contribution is 0.354. The van der Waals surface area contributed by atoms with E-state index in [0.717, 1.165) is 17.0 Å². The number of anilines is 2. The highest BCUT2D eigenvalue weighted by molar-refractivity contribution is 5.61. The van der Waals surface area contributed by atoms with Crippen LogP contribution in [0.1, 0.15) is 5.56 Å². The van der Waals surface area contributed by atoms with Crippen LogP contribution in [0.4, 0.5) is 11.4 Å². The largest absolute Gasteiger partial charge is 0.495 e. The van der Waals surface area contributed by atoms with Crippen molar-refractivity contribution in [2.75, 3.05) is 32.4 Å². The Morgan fingerprint density at radius 2 is 1.57 bits per heavy atom. The van der Waals surface area contributed by atoms with Gasteiger partial charge in [-0.05, 0) is 29.8 Å². The average molecular weight is 288 g/mol. The standard InChI is InChI=1S/C16H20N2O3/c1-19-14-7-4-11(8-16(14)21-3)10-18-12-5-6-13(17)15(9-12)20-2/h4-9,18H,10,17H2,1-3H3.